The topological polar surface area (TPSA) is 152 Å². The second-order valence-electron chi connectivity index (χ2n) is 18.3. The monoisotopic (exact) mass is 895 g/mol. The number of allylic oxidation sites excluding steroid dienone is 4. The second-order valence-corrected chi connectivity index (χ2v) is 18.3. The van der Waals surface area contributed by atoms with Crippen molar-refractivity contribution in [3.05, 3.63) is 24.3 Å². The molecule has 1 aliphatic heterocycles. The molecule has 0 radical (unpaired) electrons. The first-order valence-electron chi connectivity index (χ1n) is 26.4. The molecule has 1 rings (SSSR count). The number of hydrogen-bond donors (Lipinski definition) is 4. The van der Waals surface area contributed by atoms with E-state index in [0.29, 0.717) is 6.42 Å². The Balaban J connectivity index is 2.21. The van der Waals surface area contributed by atoms with Gasteiger partial charge in [-0.15, -0.1) is 0 Å². The average molecular weight is 895 g/mol. The Kier molecular flexibility index (Phi) is 41.4. The predicted molar refractivity (Wildman–Crippen MR) is 256 cm³/mol. The maximum Gasteiger partial charge on any atom is 0.306 e. The standard InChI is InChI=1S/C53H98O10/c1-3-5-7-9-11-13-15-17-19-20-21-22-23-24-25-26-28-29-31-33-35-37-39-41-48(55)60-44-46(45-61-53-52(59)51(58)50(57)47(43-54)63-53)62-49(56)42-40-38-36-34-32-30-27-18-16-14-12-10-8-6-4-2/h12,14,18,27,46-47,50-54,57-59H,3-11,13,15-17,19-26,28-45H2,1-2H3/b14-12-,27-18-. The molecule has 0 aromatic rings. The van der Waals surface area contributed by atoms with Crippen LogP contribution in [0.3, 0.4) is 0 Å². The van der Waals surface area contributed by atoms with Crippen molar-refractivity contribution in [3.63, 3.8) is 0 Å². The second kappa shape index (κ2) is 44.0. The highest BCUT2D eigenvalue weighted by atomic mass is 16.7. The number of aliphatic hydroxyl groups is 4. The van der Waals surface area contributed by atoms with Crippen LogP contribution in [-0.4, -0.2) is 89.0 Å². The van der Waals surface area contributed by atoms with Crippen LogP contribution in [0.15, 0.2) is 24.3 Å². The normalized spacial score (nSPS) is 19.6. The van der Waals surface area contributed by atoms with E-state index in [0.717, 1.165) is 57.8 Å². The highest BCUT2D eigenvalue weighted by Gasteiger charge is 2.44. The Labute approximate surface area is 385 Å². The lowest BCUT2D eigenvalue weighted by atomic mass is 9.99. The SMILES string of the molecule is CCCCC/C=C\C/C=C\CCCCCCCC(=O)OC(COC(=O)CCCCCCCCCCCCCCCCCCCCCCCCC)COC1OC(CO)C(O)C(O)C1O. The summed E-state index contributed by atoms with van der Waals surface area (Å²) in [4.78, 5) is 25.4. The van der Waals surface area contributed by atoms with E-state index in [1.807, 2.05) is 0 Å². The Hall–Kier alpha value is -1.82. The van der Waals surface area contributed by atoms with Crippen molar-refractivity contribution in [2.24, 2.45) is 0 Å². The minimum Gasteiger partial charge on any atom is -0.462 e. The largest absolute Gasteiger partial charge is 0.462 e. The van der Waals surface area contributed by atoms with Crippen LogP contribution in [0.1, 0.15) is 245 Å². The number of aliphatic hydroxyl groups excluding tert-OH is 4. The van der Waals surface area contributed by atoms with Crippen LogP contribution < -0.4 is 0 Å². The molecule has 10 heteroatoms. The number of unbranched alkanes of at least 4 members (excludes halogenated alkanes) is 30. The van der Waals surface area contributed by atoms with Gasteiger partial charge in [-0.05, 0) is 44.9 Å². The summed E-state index contributed by atoms with van der Waals surface area (Å²) < 4.78 is 22.2. The van der Waals surface area contributed by atoms with E-state index in [-0.39, 0.29) is 32.0 Å². The molecule has 4 N–H and O–H groups in total. The molecule has 1 fully saturated rings. The van der Waals surface area contributed by atoms with Crippen LogP contribution in [0.5, 0.6) is 0 Å². The molecule has 1 aliphatic rings. The van der Waals surface area contributed by atoms with E-state index in [1.54, 1.807) is 0 Å². The predicted octanol–water partition coefficient (Wildman–Crippen LogP) is 12.5. The lowest BCUT2D eigenvalue weighted by molar-refractivity contribution is -0.305. The molecule has 0 amide bonds. The fourth-order valence-electron chi connectivity index (χ4n) is 8.16. The molecule has 370 valence electrons. The molecular formula is C53H98O10. The summed E-state index contributed by atoms with van der Waals surface area (Å²) in [5, 5.41) is 40.2. The summed E-state index contributed by atoms with van der Waals surface area (Å²) in [6, 6.07) is 0. The first kappa shape index (κ1) is 59.2. The van der Waals surface area contributed by atoms with Crippen molar-refractivity contribution < 1.29 is 49.0 Å². The van der Waals surface area contributed by atoms with E-state index in [1.165, 1.54) is 154 Å². The van der Waals surface area contributed by atoms with Crippen molar-refractivity contribution in [1.29, 1.82) is 0 Å². The van der Waals surface area contributed by atoms with E-state index in [9.17, 15) is 30.0 Å². The van der Waals surface area contributed by atoms with Gasteiger partial charge >= 0.3 is 11.9 Å². The maximum absolute atomic E-state index is 12.8. The molecular weight excluding hydrogens is 797 g/mol. The number of carbonyl (C=O) groups is 2. The summed E-state index contributed by atoms with van der Waals surface area (Å²) in [5.41, 5.74) is 0. The average Bonchev–Trinajstić information content (AvgIpc) is 3.28. The summed E-state index contributed by atoms with van der Waals surface area (Å²) in [5.74, 6) is -0.810. The Morgan fingerprint density at radius 3 is 1.35 bits per heavy atom. The molecule has 6 atom stereocenters. The third kappa shape index (κ3) is 35.1. The first-order valence-corrected chi connectivity index (χ1v) is 26.4. The van der Waals surface area contributed by atoms with E-state index in [2.05, 4.69) is 38.2 Å². The van der Waals surface area contributed by atoms with Gasteiger partial charge in [0.25, 0.3) is 0 Å². The Bertz CT molecular complexity index is 1080. The molecule has 0 aromatic carbocycles. The van der Waals surface area contributed by atoms with Crippen molar-refractivity contribution >= 4 is 11.9 Å². The van der Waals surface area contributed by atoms with Crippen LogP contribution in [0.2, 0.25) is 0 Å². The summed E-state index contributed by atoms with van der Waals surface area (Å²) in [7, 11) is 0. The van der Waals surface area contributed by atoms with Gasteiger partial charge in [-0.2, -0.15) is 0 Å². The zero-order chi connectivity index (χ0) is 45.9. The van der Waals surface area contributed by atoms with Gasteiger partial charge in [0.2, 0.25) is 0 Å². The van der Waals surface area contributed by atoms with E-state index in [4.69, 9.17) is 18.9 Å². The van der Waals surface area contributed by atoms with Crippen molar-refractivity contribution in [2.75, 3.05) is 19.8 Å². The quantitative estimate of drug-likeness (QED) is 0.0264. The minimum atomic E-state index is -1.60. The van der Waals surface area contributed by atoms with Crippen LogP contribution in [-0.2, 0) is 28.5 Å². The van der Waals surface area contributed by atoms with Crippen LogP contribution in [0.25, 0.3) is 0 Å². The molecule has 10 nitrogen and oxygen atoms in total. The zero-order valence-electron chi connectivity index (χ0n) is 40.6. The molecule has 0 spiro atoms. The molecule has 0 saturated carbocycles. The van der Waals surface area contributed by atoms with E-state index < -0.39 is 49.4 Å². The van der Waals surface area contributed by atoms with Crippen LogP contribution in [0.4, 0.5) is 0 Å². The van der Waals surface area contributed by atoms with Gasteiger partial charge in [0.15, 0.2) is 12.4 Å². The maximum atomic E-state index is 12.8. The van der Waals surface area contributed by atoms with Crippen LogP contribution >= 0.6 is 0 Å². The smallest absolute Gasteiger partial charge is 0.306 e. The fourth-order valence-corrected chi connectivity index (χ4v) is 8.16. The number of ether oxygens (including phenoxy) is 4. The van der Waals surface area contributed by atoms with Crippen molar-refractivity contribution in [1.82, 2.24) is 0 Å². The lowest BCUT2D eigenvalue weighted by Crippen LogP contribution is -2.59. The molecule has 63 heavy (non-hydrogen) atoms. The highest BCUT2D eigenvalue weighted by Crippen LogP contribution is 2.23. The number of hydrogen-bond acceptors (Lipinski definition) is 10. The van der Waals surface area contributed by atoms with Crippen molar-refractivity contribution in [2.45, 2.75) is 282 Å². The van der Waals surface area contributed by atoms with Gasteiger partial charge < -0.3 is 39.4 Å². The molecule has 1 heterocycles. The van der Waals surface area contributed by atoms with Gasteiger partial charge in [-0.1, -0.05) is 212 Å². The molecule has 0 aromatic heterocycles. The van der Waals surface area contributed by atoms with Gasteiger partial charge in [0.05, 0.1) is 13.2 Å². The van der Waals surface area contributed by atoms with Gasteiger partial charge in [-0.3, -0.25) is 9.59 Å². The molecule has 6 unspecified atom stereocenters. The van der Waals surface area contributed by atoms with Crippen molar-refractivity contribution in [3.8, 4) is 0 Å². The number of rotatable bonds is 45. The third-order valence-electron chi connectivity index (χ3n) is 12.3. The lowest BCUT2D eigenvalue weighted by Gasteiger charge is -2.39. The van der Waals surface area contributed by atoms with Gasteiger partial charge in [-0.25, -0.2) is 0 Å². The fraction of sp³-hybridized carbons (Fsp3) is 0.887. The minimum absolute atomic E-state index is 0.217. The first-order chi connectivity index (χ1) is 30.8. The highest BCUT2D eigenvalue weighted by molar-refractivity contribution is 5.70. The molecule has 0 aliphatic carbocycles. The Morgan fingerprint density at radius 1 is 0.492 bits per heavy atom. The zero-order valence-corrected chi connectivity index (χ0v) is 40.6. The van der Waals surface area contributed by atoms with E-state index >= 15 is 0 Å². The summed E-state index contributed by atoms with van der Waals surface area (Å²) >= 11 is 0. The molecule has 0 bridgehead atoms. The number of carbonyl (C=O) groups excluding carboxylic acids is 2. The third-order valence-corrected chi connectivity index (χ3v) is 12.3. The Morgan fingerprint density at radius 2 is 0.889 bits per heavy atom. The van der Waals surface area contributed by atoms with Gasteiger partial charge in [0, 0.05) is 12.8 Å². The summed E-state index contributed by atoms with van der Waals surface area (Å²) in [6.07, 6.45) is 43.4. The van der Waals surface area contributed by atoms with Crippen LogP contribution in [0, 0.1) is 0 Å². The van der Waals surface area contributed by atoms with Gasteiger partial charge in [0.1, 0.15) is 31.0 Å². The summed E-state index contributed by atoms with van der Waals surface area (Å²) in [6.45, 7) is 3.42. The number of esters is 2. The molecule has 1 saturated heterocycles.